The van der Waals surface area contributed by atoms with Gasteiger partial charge >= 0.3 is 0 Å². The molecule has 0 fully saturated rings. The van der Waals surface area contributed by atoms with Crippen LogP contribution in [-0.4, -0.2) is 29.7 Å². The third kappa shape index (κ3) is 2.76. The summed E-state index contributed by atoms with van der Waals surface area (Å²) in [6.07, 6.45) is 2.78. The molecule has 0 aliphatic heterocycles. The molecule has 0 radical (unpaired) electrons. The van der Waals surface area contributed by atoms with Crippen LogP contribution in [0.15, 0.2) is 30.9 Å². The van der Waals surface area contributed by atoms with Crippen LogP contribution in [0.25, 0.3) is 5.95 Å². The Morgan fingerprint density at radius 3 is 2.81 bits per heavy atom. The molecule has 0 atom stereocenters. The number of nitrogens with one attached hydrogen (secondary N) is 1. The van der Waals surface area contributed by atoms with Crippen molar-refractivity contribution in [3.05, 3.63) is 42.2 Å². The summed E-state index contributed by atoms with van der Waals surface area (Å²) in [6.45, 7) is 1.68. The van der Waals surface area contributed by atoms with Crippen LogP contribution in [0, 0.1) is 12.7 Å². The van der Waals surface area contributed by atoms with Crippen molar-refractivity contribution in [2.24, 2.45) is 0 Å². The number of anilines is 3. The minimum Gasteiger partial charge on any atom is -0.368 e. The summed E-state index contributed by atoms with van der Waals surface area (Å²) in [4.78, 5) is 15.9. The lowest BCUT2D eigenvalue weighted by Crippen LogP contribution is -2.09. The summed E-state index contributed by atoms with van der Waals surface area (Å²) in [5.74, 6) is 0.107. The highest BCUT2D eigenvalue weighted by Gasteiger charge is 2.08. The Balaban J connectivity index is 1.93. The number of aromatic nitrogens is 6. The molecule has 0 saturated carbocycles. The van der Waals surface area contributed by atoms with Crippen LogP contribution in [0.5, 0.6) is 0 Å². The molecule has 0 aliphatic rings. The molecule has 3 aromatic rings. The summed E-state index contributed by atoms with van der Waals surface area (Å²) in [6, 6.07) is 4.72. The average molecular weight is 286 g/mol. The van der Waals surface area contributed by atoms with E-state index in [1.54, 1.807) is 19.1 Å². The molecule has 1 aromatic carbocycles. The van der Waals surface area contributed by atoms with E-state index in [1.165, 1.54) is 23.4 Å². The van der Waals surface area contributed by atoms with E-state index in [1.807, 2.05) is 0 Å². The van der Waals surface area contributed by atoms with Gasteiger partial charge in [-0.1, -0.05) is 6.07 Å². The molecule has 0 bridgehead atoms. The molecule has 0 unspecified atom stereocenters. The average Bonchev–Trinajstić information content (AvgIpc) is 2.96. The summed E-state index contributed by atoms with van der Waals surface area (Å²) in [7, 11) is 0. The van der Waals surface area contributed by atoms with Crippen molar-refractivity contribution in [1.29, 1.82) is 0 Å². The molecule has 8 nitrogen and oxygen atoms in total. The first-order valence-corrected chi connectivity index (χ1v) is 6.01. The van der Waals surface area contributed by atoms with Crippen molar-refractivity contribution in [1.82, 2.24) is 29.7 Å². The van der Waals surface area contributed by atoms with Gasteiger partial charge in [-0.25, -0.2) is 9.37 Å². The highest BCUT2D eigenvalue weighted by Crippen LogP contribution is 2.17. The number of nitrogens with zero attached hydrogens (tertiary/aromatic N) is 6. The smallest absolute Gasteiger partial charge is 0.258 e. The Kier molecular flexibility index (Phi) is 3.14. The van der Waals surface area contributed by atoms with Gasteiger partial charge in [0.25, 0.3) is 5.95 Å². The van der Waals surface area contributed by atoms with Gasteiger partial charge in [0.05, 0.1) is 0 Å². The van der Waals surface area contributed by atoms with Crippen LogP contribution in [0.3, 0.4) is 0 Å². The van der Waals surface area contributed by atoms with Crippen LogP contribution in [0.4, 0.5) is 22.0 Å². The number of benzene rings is 1. The van der Waals surface area contributed by atoms with E-state index in [0.717, 1.165) is 0 Å². The fourth-order valence-corrected chi connectivity index (χ4v) is 1.65. The molecular weight excluding hydrogens is 275 g/mol. The van der Waals surface area contributed by atoms with Crippen molar-refractivity contribution < 1.29 is 4.39 Å². The Morgan fingerprint density at radius 1 is 1.24 bits per heavy atom. The first-order chi connectivity index (χ1) is 10.1. The number of nitrogen functional groups attached to an aromatic ring is 1. The molecule has 0 spiro atoms. The minimum absolute atomic E-state index is 0.0191. The predicted octanol–water partition coefficient (Wildman–Crippen LogP) is 1.23. The van der Waals surface area contributed by atoms with Crippen molar-refractivity contribution in [3.63, 3.8) is 0 Å². The SMILES string of the molecule is Cc1ccc(Nc2nc(N)nc(-n3cncn3)n2)cc1F. The molecule has 3 N–H and O–H groups in total. The monoisotopic (exact) mass is 286 g/mol. The van der Waals surface area contributed by atoms with E-state index in [9.17, 15) is 4.39 Å². The Labute approximate surface area is 118 Å². The standard InChI is InChI=1S/C12H11FN8/c1-7-2-3-8(4-9(7)13)17-11-18-10(14)19-12(20-11)21-6-15-5-16-21/h2-6H,1H3,(H3,14,17,18,19,20). The van der Waals surface area contributed by atoms with Crippen LogP contribution >= 0.6 is 0 Å². The number of nitrogens with two attached hydrogens (primary N) is 1. The zero-order valence-corrected chi connectivity index (χ0v) is 11.0. The molecule has 106 valence electrons. The van der Waals surface area contributed by atoms with Gasteiger partial charge in [-0.3, -0.25) is 0 Å². The molecule has 0 saturated heterocycles. The van der Waals surface area contributed by atoms with E-state index in [0.29, 0.717) is 11.3 Å². The maximum absolute atomic E-state index is 13.5. The lowest BCUT2D eigenvalue weighted by Gasteiger charge is -2.07. The van der Waals surface area contributed by atoms with Crippen molar-refractivity contribution in [2.45, 2.75) is 6.92 Å². The predicted molar refractivity (Wildman–Crippen MR) is 73.6 cm³/mol. The fourth-order valence-electron chi connectivity index (χ4n) is 1.65. The van der Waals surface area contributed by atoms with Gasteiger partial charge in [-0.05, 0) is 24.6 Å². The number of halogens is 1. The lowest BCUT2D eigenvalue weighted by atomic mass is 10.2. The second-order valence-corrected chi connectivity index (χ2v) is 4.25. The molecular formula is C12H11FN8. The quantitative estimate of drug-likeness (QED) is 0.745. The Morgan fingerprint density at radius 2 is 2.10 bits per heavy atom. The molecule has 2 aromatic heterocycles. The topological polar surface area (TPSA) is 107 Å². The third-order valence-corrected chi connectivity index (χ3v) is 2.69. The Hall–Kier alpha value is -3.10. The maximum atomic E-state index is 13.5. The molecule has 21 heavy (non-hydrogen) atoms. The summed E-state index contributed by atoms with van der Waals surface area (Å²) >= 11 is 0. The van der Waals surface area contributed by atoms with Gasteiger partial charge in [0.1, 0.15) is 18.5 Å². The van der Waals surface area contributed by atoms with Crippen LogP contribution in [0.1, 0.15) is 5.56 Å². The second kappa shape index (κ2) is 5.12. The normalized spacial score (nSPS) is 10.6. The fraction of sp³-hybridized carbons (Fsp3) is 0.0833. The summed E-state index contributed by atoms with van der Waals surface area (Å²) in [5, 5.41) is 6.78. The van der Waals surface area contributed by atoms with E-state index in [2.05, 4.69) is 30.4 Å². The molecule has 0 aliphatic carbocycles. The zero-order valence-electron chi connectivity index (χ0n) is 11.0. The third-order valence-electron chi connectivity index (χ3n) is 2.69. The molecule has 3 rings (SSSR count). The molecule has 9 heteroatoms. The molecule has 0 amide bonds. The van der Waals surface area contributed by atoms with Crippen LogP contribution < -0.4 is 11.1 Å². The maximum Gasteiger partial charge on any atom is 0.258 e. The van der Waals surface area contributed by atoms with Crippen molar-refractivity contribution in [2.75, 3.05) is 11.1 Å². The lowest BCUT2D eigenvalue weighted by molar-refractivity contribution is 0.619. The highest BCUT2D eigenvalue weighted by atomic mass is 19.1. The van der Waals surface area contributed by atoms with E-state index in [4.69, 9.17) is 5.73 Å². The van der Waals surface area contributed by atoms with Gasteiger partial charge in [0.2, 0.25) is 11.9 Å². The second-order valence-electron chi connectivity index (χ2n) is 4.25. The van der Waals surface area contributed by atoms with Gasteiger partial charge in [-0.2, -0.15) is 24.7 Å². The Bertz CT molecular complexity index is 771. The summed E-state index contributed by atoms with van der Waals surface area (Å²) in [5.41, 5.74) is 6.70. The van der Waals surface area contributed by atoms with Crippen molar-refractivity contribution in [3.8, 4) is 5.95 Å². The number of hydrogen-bond donors (Lipinski definition) is 2. The van der Waals surface area contributed by atoms with Gasteiger partial charge in [-0.15, -0.1) is 0 Å². The minimum atomic E-state index is -0.321. The first kappa shape index (κ1) is 12.9. The van der Waals surface area contributed by atoms with Gasteiger partial charge in [0.15, 0.2) is 0 Å². The van der Waals surface area contributed by atoms with Crippen molar-refractivity contribution >= 4 is 17.6 Å². The largest absolute Gasteiger partial charge is 0.368 e. The number of hydrogen-bond acceptors (Lipinski definition) is 7. The van der Waals surface area contributed by atoms with Gasteiger partial charge in [0, 0.05) is 5.69 Å². The first-order valence-electron chi connectivity index (χ1n) is 6.01. The van der Waals surface area contributed by atoms with E-state index in [-0.39, 0.29) is 23.7 Å². The van der Waals surface area contributed by atoms with Crippen LogP contribution in [-0.2, 0) is 0 Å². The van der Waals surface area contributed by atoms with Crippen LogP contribution in [0.2, 0.25) is 0 Å². The molecule has 2 heterocycles. The number of rotatable bonds is 3. The summed E-state index contributed by atoms with van der Waals surface area (Å²) < 4.78 is 14.9. The van der Waals surface area contributed by atoms with E-state index >= 15 is 0 Å². The van der Waals surface area contributed by atoms with Gasteiger partial charge < -0.3 is 11.1 Å². The van der Waals surface area contributed by atoms with E-state index < -0.39 is 0 Å². The highest BCUT2D eigenvalue weighted by molar-refractivity contribution is 5.55. The zero-order chi connectivity index (χ0) is 14.8. The number of aryl methyl sites for hydroxylation is 1.